The first-order valence-corrected chi connectivity index (χ1v) is 5.64. The van der Waals surface area contributed by atoms with Crippen molar-refractivity contribution in [3.63, 3.8) is 0 Å². The predicted octanol–water partition coefficient (Wildman–Crippen LogP) is 0.712. The lowest BCUT2D eigenvalue weighted by Gasteiger charge is -2.06. The summed E-state index contributed by atoms with van der Waals surface area (Å²) in [5.74, 6) is 0. The molecule has 0 radical (unpaired) electrons. The third-order valence-corrected chi connectivity index (χ3v) is 2.79. The minimum absolute atomic E-state index is 0.173. The molecule has 0 bridgehead atoms. The van der Waals surface area contributed by atoms with Crippen molar-refractivity contribution in [1.29, 1.82) is 0 Å². The highest BCUT2D eigenvalue weighted by molar-refractivity contribution is 7.79. The number of rotatable bonds is 2. The lowest BCUT2D eigenvalue weighted by atomic mass is 10.3. The van der Waals surface area contributed by atoms with Crippen LogP contribution < -0.4 is 5.56 Å². The molecule has 6 heteroatoms. The fourth-order valence-corrected chi connectivity index (χ4v) is 1.77. The van der Waals surface area contributed by atoms with Crippen LogP contribution in [0.3, 0.4) is 0 Å². The van der Waals surface area contributed by atoms with Crippen LogP contribution in [0, 0.1) is 6.92 Å². The third-order valence-electron chi connectivity index (χ3n) is 2.14. The maximum Gasteiger partial charge on any atom is 0.271 e. The number of aromatic nitrogens is 2. The van der Waals surface area contributed by atoms with E-state index in [-0.39, 0.29) is 10.5 Å². The molecule has 5 nitrogen and oxygen atoms in total. The van der Waals surface area contributed by atoms with Gasteiger partial charge in [0.1, 0.15) is 0 Å². The summed E-state index contributed by atoms with van der Waals surface area (Å²) in [6.45, 7) is 1.78. The summed E-state index contributed by atoms with van der Waals surface area (Å²) in [6, 6.07) is 7.51. The molecule has 1 aromatic carbocycles. The van der Waals surface area contributed by atoms with E-state index < -0.39 is 11.1 Å². The summed E-state index contributed by atoms with van der Waals surface area (Å²) < 4.78 is 22.6. The number of benzene rings is 1. The Labute approximate surface area is 94.0 Å². The van der Waals surface area contributed by atoms with Gasteiger partial charge in [-0.2, -0.15) is 0 Å². The molecule has 0 amide bonds. The molecule has 0 aliphatic rings. The van der Waals surface area contributed by atoms with E-state index in [2.05, 4.69) is 5.10 Å². The quantitative estimate of drug-likeness (QED) is 0.781. The second kappa shape index (κ2) is 4.07. The van der Waals surface area contributed by atoms with Gasteiger partial charge in [0.25, 0.3) is 5.56 Å². The van der Waals surface area contributed by atoms with Gasteiger partial charge < -0.3 is 4.55 Å². The summed E-state index contributed by atoms with van der Waals surface area (Å²) >= 11 is -2.24. The van der Waals surface area contributed by atoms with Gasteiger partial charge in [-0.25, -0.2) is 4.68 Å². The molecule has 1 aromatic heterocycles. The molecule has 0 spiro atoms. The highest BCUT2D eigenvalue weighted by atomic mass is 32.2. The van der Waals surface area contributed by atoms with Crippen molar-refractivity contribution in [2.24, 2.45) is 0 Å². The number of nitrogens with one attached hydrogen (secondary N) is 1. The van der Waals surface area contributed by atoms with Gasteiger partial charge in [0.2, 0.25) is 0 Å². The van der Waals surface area contributed by atoms with E-state index in [0.29, 0.717) is 5.69 Å². The number of nitrogens with zero attached hydrogens (tertiary/aromatic N) is 1. The first-order valence-electron chi connectivity index (χ1n) is 4.56. The SMILES string of the molecule is Cc1cc(=O)n(-c2ccc(S(=O)[O-])cc2)[nH]1. The molecule has 1 heterocycles. The standard InChI is InChI=1S/C10H10N2O3S/c1-7-6-10(13)12(11-7)8-2-4-9(5-3-8)16(14)15/h2-6,11H,1H3,(H,14,15)/p-1. The Balaban J connectivity index is 2.46. The van der Waals surface area contributed by atoms with Gasteiger partial charge in [0.05, 0.1) is 5.69 Å². The van der Waals surface area contributed by atoms with Crippen LogP contribution in [-0.4, -0.2) is 18.5 Å². The molecule has 16 heavy (non-hydrogen) atoms. The van der Waals surface area contributed by atoms with E-state index in [0.717, 1.165) is 5.69 Å². The van der Waals surface area contributed by atoms with Gasteiger partial charge in [-0.05, 0) is 42.3 Å². The Morgan fingerprint density at radius 3 is 2.38 bits per heavy atom. The van der Waals surface area contributed by atoms with Gasteiger partial charge in [-0.1, -0.05) is 0 Å². The predicted molar refractivity (Wildman–Crippen MR) is 58.3 cm³/mol. The largest absolute Gasteiger partial charge is 0.768 e. The molecule has 0 saturated carbocycles. The zero-order valence-corrected chi connectivity index (χ0v) is 9.28. The zero-order valence-electron chi connectivity index (χ0n) is 8.47. The number of hydrogen-bond donors (Lipinski definition) is 1. The topological polar surface area (TPSA) is 77.9 Å². The van der Waals surface area contributed by atoms with Crippen molar-refractivity contribution in [3.8, 4) is 5.69 Å². The minimum atomic E-state index is -2.24. The zero-order chi connectivity index (χ0) is 11.7. The molecule has 1 atom stereocenters. The lowest BCUT2D eigenvalue weighted by molar-refractivity contribution is 0.537. The summed E-state index contributed by atoms with van der Waals surface area (Å²) in [5.41, 5.74) is 1.18. The van der Waals surface area contributed by atoms with Gasteiger partial charge in [0, 0.05) is 16.7 Å². The molecule has 0 saturated heterocycles. The Bertz CT molecular complexity index is 583. The summed E-state index contributed by atoms with van der Waals surface area (Å²) in [4.78, 5) is 11.7. The Morgan fingerprint density at radius 2 is 1.94 bits per heavy atom. The van der Waals surface area contributed by atoms with Crippen LogP contribution in [0.1, 0.15) is 5.69 Å². The fourth-order valence-electron chi connectivity index (χ4n) is 1.41. The molecular formula is C10H9N2O3S-. The first kappa shape index (κ1) is 10.8. The van der Waals surface area contributed by atoms with Crippen LogP contribution in [0.5, 0.6) is 0 Å². The second-order valence-corrected chi connectivity index (χ2v) is 4.28. The Hall–Kier alpha value is -1.66. The van der Waals surface area contributed by atoms with Crippen molar-refractivity contribution in [2.45, 2.75) is 11.8 Å². The van der Waals surface area contributed by atoms with E-state index in [4.69, 9.17) is 0 Å². The van der Waals surface area contributed by atoms with Crippen molar-refractivity contribution < 1.29 is 8.76 Å². The number of hydrogen-bond acceptors (Lipinski definition) is 3. The first-order chi connectivity index (χ1) is 7.58. The van der Waals surface area contributed by atoms with Gasteiger partial charge >= 0.3 is 0 Å². The number of aromatic amines is 1. The molecule has 2 aromatic rings. The number of H-pyrrole nitrogens is 1. The average molecular weight is 237 g/mol. The highest BCUT2D eigenvalue weighted by Crippen LogP contribution is 2.09. The Morgan fingerprint density at radius 1 is 1.31 bits per heavy atom. The third kappa shape index (κ3) is 1.98. The van der Waals surface area contributed by atoms with Crippen LogP contribution in [0.2, 0.25) is 0 Å². The van der Waals surface area contributed by atoms with Crippen molar-refractivity contribution in [2.75, 3.05) is 0 Å². The van der Waals surface area contributed by atoms with E-state index in [1.807, 2.05) is 0 Å². The normalized spacial score (nSPS) is 12.6. The minimum Gasteiger partial charge on any atom is -0.768 e. The van der Waals surface area contributed by atoms with E-state index in [1.165, 1.54) is 22.9 Å². The summed E-state index contributed by atoms with van der Waals surface area (Å²) in [5, 5.41) is 2.86. The second-order valence-electron chi connectivity index (χ2n) is 3.34. The van der Waals surface area contributed by atoms with Crippen LogP contribution in [0.15, 0.2) is 40.0 Å². The van der Waals surface area contributed by atoms with Crippen LogP contribution in [0.4, 0.5) is 0 Å². The molecule has 0 fully saturated rings. The van der Waals surface area contributed by atoms with E-state index in [9.17, 15) is 13.6 Å². The Kier molecular flexibility index (Phi) is 2.76. The van der Waals surface area contributed by atoms with Gasteiger partial charge in [0.15, 0.2) is 0 Å². The highest BCUT2D eigenvalue weighted by Gasteiger charge is 2.02. The van der Waals surface area contributed by atoms with E-state index >= 15 is 0 Å². The molecule has 0 aliphatic heterocycles. The van der Waals surface area contributed by atoms with Crippen molar-refractivity contribution in [3.05, 3.63) is 46.4 Å². The summed E-state index contributed by atoms with van der Waals surface area (Å²) in [6.07, 6.45) is 0. The molecular weight excluding hydrogens is 228 g/mol. The molecule has 84 valence electrons. The molecule has 1 N–H and O–H groups in total. The monoisotopic (exact) mass is 237 g/mol. The van der Waals surface area contributed by atoms with Crippen LogP contribution in [-0.2, 0) is 11.1 Å². The van der Waals surface area contributed by atoms with Crippen LogP contribution >= 0.6 is 0 Å². The maximum atomic E-state index is 11.5. The molecule has 1 unspecified atom stereocenters. The van der Waals surface area contributed by atoms with Gasteiger partial charge in [-0.15, -0.1) is 0 Å². The van der Waals surface area contributed by atoms with Crippen molar-refractivity contribution >= 4 is 11.1 Å². The number of aryl methyl sites for hydroxylation is 1. The maximum absolute atomic E-state index is 11.5. The fraction of sp³-hybridized carbons (Fsp3) is 0.100. The molecule has 2 rings (SSSR count). The van der Waals surface area contributed by atoms with Crippen molar-refractivity contribution in [1.82, 2.24) is 9.78 Å². The van der Waals surface area contributed by atoms with Gasteiger partial charge in [-0.3, -0.25) is 14.1 Å². The molecule has 0 aliphatic carbocycles. The average Bonchev–Trinajstić information content (AvgIpc) is 2.58. The summed E-state index contributed by atoms with van der Waals surface area (Å²) in [7, 11) is 0. The van der Waals surface area contributed by atoms with Crippen LogP contribution in [0.25, 0.3) is 5.69 Å². The lowest BCUT2D eigenvalue weighted by Crippen LogP contribution is -2.13. The van der Waals surface area contributed by atoms with E-state index in [1.54, 1.807) is 19.1 Å². The smallest absolute Gasteiger partial charge is 0.271 e.